The van der Waals surface area contributed by atoms with Gasteiger partial charge in [0, 0.05) is 17.8 Å². The lowest BCUT2D eigenvalue weighted by Crippen LogP contribution is -2.26. The van der Waals surface area contributed by atoms with Crippen LogP contribution in [0.5, 0.6) is 0 Å². The van der Waals surface area contributed by atoms with Gasteiger partial charge in [0.2, 0.25) is 10.0 Å². The summed E-state index contributed by atoms with van der Waals surface area (Å²) >= 11 is 0. The molecule has 0 amide bonds. The van der Waals surface area contributed by atoms with E-state index in [0.717, 1.165) is 23.2 Å². The standard InChI is InChI=1S/C17H20N2O2S/c1-12-10-15-11-16(8-9-17(15)18-12)22(20,21)19-13(2)14-6-4-3-5-7-14/h3-9,11-13,18-19H,10H2,1-2H3/t12-,13-/m1/s1. The molecule has 22 heavy (non-hydrogen) atoms. The van der Waals surface area contributed by atoms with E-state index < -0.39 is 10.0 Å². The molecule has 2 aromatic carbocycles. The zero-order valence-corrected chi connectivity index (χ0v) is 13.5. The van der Waals surface area contributed by atoms with Gasteiger partial charge in [-0.15, -0.1) is 0 Å². The van der Waals surface area contributed by atoms with Crippen molar-refractivity contribution < 1.29 is 8.42 Å². The van der Waals surface area contributed by atoms with Crippen LogP contribution in [0.15, 0.2) is 53.4 Å². The van der Waals surface area contributed by atoms with Crippen molar-refractivity contribution in [3.8, 4) is 0 Å². The van der Waals surface area contributed by atoms with E-state index in [4.69, 9.17) is 0 Å². The van der Waals surface area contributed by atoms with Gasteiger partial charge in [-0.3, -0.25) is 0 Å². The summed E-state index contributed by atoms with van der Waals surface area (Å²) in [5, 5.41) is 3.33. The molecule has 1 aliphatic rings. The molecule has 2 aromatic rings. The topological polar surface area (TPSA) is 58.2 Å². The molecule has 0 saturated heterocycles. The first kappa shape index (κ1) is 15.1. The molecule has 4 nitrogen and oxygen atoms in total. The van der Waals surface area contributed by atoms with E-state index in [9.17, 15) is 8.42 Å². The van der Waals surface area contributed by atoms with Crippen molar-refractivity contribution in [3.63, 3.8) is 0 Å². The zero-order valence-electron chi connectivity index (χ0n) is 12.7. The van der Waals surface area contributed by atoms with Crippen LogP contribution in [0.25, 0.3) is 0 Å². The minimum absolute atomic E-state index is 0.267. The maximum absolute atomic E-state index is 12.6. The Kier molecular flexibility index (Phi) is 3.93. The zero-order chi connectivity index (χ0) is 15.7. The quantitative estimate of drug-likeness (QED) is 0.911. The van der Waals surface area contributed by atoms with Gasteiger partial charge in [0.15, 0.2) is 0 Å². The third kappa shape index (κ3) is 3.00. The molecule has 0 spiro atoms. The normalized spacial score (nSPS) is 18.5. The van der Waals surface area contributed by atoms with Crippen LogP contribution in [0.2, 0.25) is 0 Å². The molecule has 3 rings (SSSR count). The molecular weight excluding hydrogens is 296 g/mol. The Morgan fingerprint density at radius 3 is 2.64 bits per heavy atom. The van der Waals surface area contributed by atoms with Gasteiger partial charge < -0.3 is 5.32 Å². The Morgan fingerprint density at radius 1 is 1.18 bits per heavy atom. The monoisotopic (exact) mass is 316 g/mol. The number of fused-ring (bicyclic) bond motifs is 1. The highest BCUT2D eigenvalue weighted by molar-refractivity contribution is 7.89. The molecule has 116 valence electrons. The van der Waals surface area contributed by atoms with Crippen LogP contribution in [-0.2, 0) is 16.4 Å². The van der Waals surface area contributed by atoms with Crippen molar-refractivity contribution in [1.82, 2.24) is 4.72 Å². The number of rotatable bonds is 4. The highest BCUT2D eigenvalue weighted by Crippen LogP contribution is 2.28. The molecule has 0 unspecified atom stereocenters. The molecule has 2 N–H and O–H groups in total. The van der Waals surface area contributed by atoms with Gasteiger partial charge in [0.1, 0.15) is 0 Å². The first-order chi connectivity index (χ1) is 10.5. The van der Waals surface area contributed by atoms with Gasteiger partial charge in [-0.05, 0) is 49.6 Å². The van der Waals surface area contributed by atoms with Crippen molar-refractivity contribution in [2.45, 2.75) is 37.2 Å². The molecule has 0 bridgehead atoms. The Bertz CT molecular complexity index is 773. The first-order valence-electron chi connectivity index (χ1n) is 7.42. The lowest BCUT2D eigenvalue weighted by atomic mass is 10.1. The average Bonchev–Trinajstić information content (AvgIpc) is 2.86. The number of nitrogens with one attached hydrogen (secondary N) is 2. The van der Waals surface area contributed by atoms with Crippen LogP contribution in [0.4, 0.5) is 5.69 Å². The van der Waals surface area contributed by atoms with Crippen molar-refractivity contribution in [2.24, 2.45) is 0 Å². The summed E-state index contributed by atoms with van der Waals surface area (Å²) in [6.07, 6.45) is 0.854. The average molecular weight is 316 g/mol. The van der Waals surface area contributed by atoms with Crippen molar-refractivity contribution in [3.05, 3.63) is 59.7 Å². The lowest BCUT2D eigenvalue weighted by molar-refractivity contribution is 0.567. The number of hydrogen-bond acceptors (Lipinski definition) is 3. The van der Waals surface area contributed by atoms with Crippen LogP contribution < -0.4 is 10.0 Å². The van der Waals surface area contributed by atoms with E-state index in [1.165, 1.54) is 0 Å². The molecule has 1 heterocycles. The number of sulfonamides is 1. The predicted octanol–water partition coefficient (Wildman–Crippen LogP) is 3.08. The molecular formula is C17H20N2O2S. The molecule has 0 radical (unpaired) electrons. The van der Waals surface area contributed by atoms with Crippen molar-refractivity contribution >= 4 is 15.7 Å². The van der Waals surface area contributed by atoms with Crippen LogP contribution in [-0.4, -0.2) is 14.5 Å². The third-order valence-electron chi connectivity index (χ3n) is 3.95. The van der Waals surface area contributed by atoms with Crippen molar-refractivity contribution in [2.75, 3.05) is 5.32 Å². The van der Waals surface area contributed by atoms with E-state index in [0.29, 0.717) is 10.9 Å². The van der Waals surface area contributed by atoms with Gasteiger partial charge in [-0.25, -0.2) is 13.1 Å². The fraction of sp³-hybridized carbons (Fsp3) is 0.294. The number of benzene rings is 2. The molecule has 0 fully saturated rings. The van der Waals surface area contributed by atoms with Gasteiger partial charge >= 0.3 is 0 Å². The van der Waals surface area contributed by atoms with E-state index in [1.807, 2.05) is 43.3 Å². The predicted molar refractivity (Wildman–Crippen MR) is 88.4 cm³/mol. The Hall–Kier alpha value is -1.85. The second-order valence-electron chi connectivity index (χ2n) is 5.82. The SMILES string of the molecule is C[C@@H]1Cc2cc(S(=O)(=O)N[C@H](C)c3ccccc3)ccc2N1. The van der Waals surface area contributed by atoms with Gasteiger partial charge in [0.05, 0.1) is 4.90 Å². The van der Waals surface area contributed by atoms with Crippen LogP contribution >= 0.6 is 0 Å². The van der Waals surface area contributed by atoms with E-state index >= 15 is 0 Å². The number of anilines is 1. The molecule has 1 aliphatic heterocycles. The van der Waals surface area contributed by atoms with Gasteiger partial charge in [0.25, 0.3) is 0 Å². The maximum Gasteiger partial charge on any atom is 0.241 e. The van der Waals surface area contributed by atoms with E-state index in [-0.39, 0.29) is 6.04 Å². The van der Waals surface area contributed by atoms with E-state index in [2.05, 4.69) is 17.0 Å². The molecule has 5 heteroatoms. The lowest BCUT2D eigenvalue weighted by Gasteiger charge is -2.15. The van der Waals surface area contributed by atoms with Crippen LogP contribution in [0.1, 0.15) is 31.0 Å². The van der Waals surface area contributed by atoms with Crippen molar-refractivity contribution in [1.29, 1.82) is 0 Å². The first-order valence-corrected chi connectivity index (χ1v) is 8.91. The molecule has 0 aromatic heterocycles. The van der Waals surface area contributed by atoms with Crippen LogP contribution in [0.3, 0.4) is 0 Å². The minimum atomic E-state index is -3.52. The van der Waals surface area contributed by atoms with Gasteiger partial charge in [-0.1, -0.05) is 30.3 Å². The summed E-state index contributed by atoms with van der Waals surface area (Å²) in [5.74, 6) is 0. The maximum atomic E-state index is 12.6. The molecule has 0 aliphatic carbocycles. The molecule has 2 atom stereocenters. The fourth-order valence-electron chi connectivity index (χ4n) is 2.80. The highest BCUT2D eigenvalue weighted by atomic mass is 32.2. The van der Waals surface area contributed by atoms with E-state index in [1.54, 1.807) is 12.1 Å². The Labute approximate surface area is 131 Å². The summed E-state index contributed by atoms with van der Waals surface area (Å²) in [6.45, 7) is 3.94. The smallest absolute Gasteiger partial charge is 0.241 e. The summed E-state index contributed by atoms with van der Waals surface area (Å²) in [4.78, 5) is 0.324. The fourth-order valence-corrected chi connectivity index (χ4v) is 4.09. The van der Waals surface area contributed by atoms with Gasteiger partial charge in [-0.2, -0.15) is 0 Å². The molecule has 0 saturated carbocycles. The minimum Gasteiger partial charge on any atom is -0.382 e. The Balaban J connectivity index is 1.83. The Morgan fingerprint density at radius 2 is 1.91 bits per heavy atom. The summed E-state index contributed by atoms with van der Waals surface area (Å²) in [6, 6.07) is 14.9. The number of hydrogen-bond donors (Lipinski definition) is 2. The summed E-state index contributed by atoms with van der Waals surface area (Å²) < 4.78 is 27.9. The third-order valence-corrected chi connectivity index (χ3v) is 5.48. The summed E-state index contributed by atoms with van der Waals surface area (Å²) in [5.41, 5.74) is 3.04. The highest BCUT2D eigenvalue weighted by Gasteiger charge is 2.22. The summed E-state index contributed by atoms with van der Waals surface area (Å²) in [7, 11) is -3.52. The second-order valence-corrected chi connectivity index (χ2v) is 7.54. The van der Waals surface area contributed by atoms with Crippen LogP contribution in [0, 0.1) is 0 Å². The largest absolute Gasteiger partial charge is 0.382 e. The second kappa shape index (κ2) is 5.74.